The van der Waals surface area contributed by atoms with Crippen molar-refractivity contribution in [2.45, 2.75) is 25.8 Å². The number of likely N-dealkylation sites (tertiary alicyclic amines) is 1. The van der Waals surface area contributed by atoms with Crippen LogP contribution in [0.1, 0.15) is 25.3 Å². The lowest BCUT2D eigenvalue weighted by Crippen LogP contribution is -2.46. The molecule has 1 saturated heterocycles. The quantitative estimate of drug-likeness (QED) is 0.550. The van der Waals surface area contributed by atoms with Crippen LogP contribution >= 0.6 is 34.8 Å². The van der Waals surface area contributed by atoms with Crippen molar-refractivity contribution in [3.8, 4) is 0 Å². The number of carbonyl (C=O) groups excluding carboxylic acids is 2. The van der Waals surface area contributed by atoms with Gasteiger partial charge >= 0.3 is 5.97 Å². The molecule has 2 N–H and O–H groups in total. The van der Waals surface area contributed by atoms with Gasteiger partial charge in [-0.2, -0.15) is 0 Å². The Hall–Kier alpha value is -1.76. The van der Waals surface area contributed by atoms with Gasteiger partial charge in [-0.05, 0) is 43.5 Å². The molecule has 1 aliphatic rings. The molecule has 146 valence electrons. The second-order valence-corrected chi connectivity index (χ2v) is 7.51. The molecule has 1 aliphatic heterocycles. The lowest BCUT2D eigenvalue weighted by Gasteiger charge is -2.31. The number of nitrogens with zero attached hydrogens (tertiary/aromatic N) is 1. The van der Waals surface area contributed by atoms with E-state index in [0.717, 1.165) is 0 Å². The number of hydrogen-bond acceptors (Lipinski definition) is 3. The van der Waals surface area contributed by atoms with Crippen molar-refractivity contribution >= 4 is 58.7 Å². The topological polar surface area (TPSA) is 86.7 Å². The van der Waals surface area contributed by atoms with Crippen LogP contribution in [-0.2, 0) is 14.4 Å². The van der Waals surface area contributed by atoms with Gasteiger partial charge < -0.3 is 15.3 Å². The maximum Gasteiger partial charge on any atom is 0.325 e. The first-order chi connectivity index (χ1) is 12.7. The van der Waals surface area contributed by atoms with E-state index in [4.69, 9.17) is 39.9 Å². The van der Waals surface area contributed by atoms with Crippen LogP contribution in [0, 0.1) is 5.92 Å². The molecule has 1 heterocycles. The summed E-state index contributed by atoms with van der Waals surface area (Å²) in [6.45, 7) is 2.23. The molecule has 0 bridgehead atoms. The Morgan fingerprint density at radius 2 is 1.85 bits per heavy atom. The van der Waals surface area contributed by atoms with Gasteiger partial charge in [-0.25, -0.2) is 0 Å². The van der Waals surface area contributed by atoms with Crippen molar-refractivity contribution in [1.29, 1.82) is 0 Å². The molecule has 9 heteroatoms. The Kier molecular flexibility index (Phi) is 7.53. The molecule has 1 unspecified atom stereocenters. The molecule has 0 aromatic heterocycles. The van der Waals surface area contributed by atoms with Gasteiger partial charge in [0.05, 0.1) is 10.0 Å². The normalized spacial score (nSPS) is 16.4. The predicted molar refractivity (Wildman–Crippen MR) is 105 cm³/mol. The van der Waals surface area contributed by atoms with E-state index in [-0.39, 0.29) is 17.7 Å². The predicted octanol–water partition coefficient (Wildman–Crippen LogP) is 3.49. The highest BCUT2D eigenvalue weighted by molar-refractivity contribution is 6.44. The van der Waals surface area contributed by atoms with Gasteiger partial charge in [0.1, 0.15) is 6.04 Å². The third kappa shape index (κ3) is 5.86. The maximum atomic E-state index is 12.3. The third-order valence-electron chi connectivity index (χ3n) is 4.33. The average Bonchev–Trinajstić information content (AvgIpc) is 2.63. The molecule has 1 atom stereocenters. The Balaban J connectivity index is 1.91. The summed E-state index contributed by atoms with van der Waals surface area (Å²) in [7, 11) is 0. The molecule has 0 spiro atoms. The summed E-state index contributed by atoms with van der Waals surface area (Å²) in [5.74, 6) is -1.89. The van der Waals surface area contributed by atoms with Gasteiger partial charge in [-0.1, -0.05) is 34.8 Å². The number of rotatable bonds is 5. The van der Waals surface area contributed by atoms with E-state index < -0.39 is 12.0 Å². The monoisotopic (exact) mass is 432 g/mol. The highest BCUT2D eigenvalue weighted by Crippen LogP contribution is 2.30. The summed E-state index contributed by atoms with van der Waals surface area (Å²) in [6, 6.07) is 2.19. The minimum Gasteiger partial charge on any atom is -0.480 e. The molecular formula is C18H19Cl3N2O4. The van der Waals surface area contributed by atoms with Gasteiger partial charge in [0, 0.05) is 30.1 Å². The Morgan fingerprint density at radius 3 is 2.44 bits per heavy atom. The van der Waals surface area contributed by atoms with Gasteiger partial charge in [-0.3, -0.25) is 14.4 Å². The molecule has 0 radical (unpaired) electrons. The van der Waals surface area contributed by atoms with Crippen LogP contribution in [0.5, 0.6) is 0 Å². The molecule has 6 nitrogen and oxygen atoms in total. The summed E-state index contributed by atoms with van der Waals surface area (Å²) in [4.78, 5) is 36.9. The molecule has 0 aliphatic carbocycles. The fourth-order valence-corrected chi connectivity index (χ4v) is 3.40. The van der Waals surface area contributed by atoms with Gasteiger partial charge in [0.25, 0.3) is 0 Å². The Labute approximate surface area is 172 Å². The van der Waals surface area contributed by atoms with Crippen molar-refractivity contribution in [2.24, 2.45) is 5.92 Å². The largest absolute Gasteiger partial charge is 0.480 e. The van der Waals surface area contributed by atoms with Crippen molar-refractivity contribution < 1.29 is 19.5 Å². The highest BCUT2D eigenvalue weighted by atomic mass is 35.5. The zero-order chi connectivity index (χ0) is 20.1. The number of amides is 2. The number of carboxylic acid groups (broad SMARTS) is 1. The van der Waals surface area contributed by atoms with Crippen LogP contribution in [0.15, 0.2) is 18.2 Å². The van der Waals surface area contributed by atoms with Crippen molar-refractivity contribution in [3.05, 3.63) is 38.8 Å². The minimum atomic E-state index is -1.08. The second kappa shape index (κ2) is 9.44. The van der Waals surface area contributed by atoms with Gasteiger partial charge in [0.15, 0.2) is 0 Å². The fourth-order valence-electron chi connectivity index (χ4n) is 2.72. The number of piperidine rings is 1. The first-order valence-electron chi connectivity index (χ1n) is 8.33. The van der Waals surface area contributed by atoms with Crippen LogP contribution in [-0.4, -0.2) is 46.9 Å². The first kappa shape index (κ1) is 21.5. The van der Waals surface area contributed by atoms with Crippen LogP contribution in [0.2, 0.25) is 15.1 Å². The summed E-state index contributed by atoms with van der Waals surface area (Å²) < 4.78 is 0. The molecule has 1 aromatic rings. The van der Waals surface area contributed by atoms with E-state index in [0.29, 0.717) is 46.6 Å². The minimum absolute atomic E-state index is 0.208. The van der Waals surface area contributed by atoms with E-state index in [1.165, 1.54) is 19.1 Å². The molecule has 2 rings (SSSR count). The second-order valence-electron chi connectivity index (χ2n) is 6.29. The van der Waals surface area contributed by atoms with Crippen molar-refractivity contribution in [2.75, 3.05) is 13.1 Å². The Bertz CT molecular complexity index is 774. The van der Waals surface area contributed by atoms with E-state index in [2.05, 4.69) is 5.32 Å². The van der Waals surface area contributed by atoms with Crippen LogP contribution in [0.4, 0.5) is 0 Å². The number of carboxylic acids is 1. The molecule has 1 fully saturated rings. The number of carbonyl (C=O) groups is 3. The lowest BCUT2D eigenvalue weighted by atomic mass is 9.95. The zero-order valence-electron chi connectivity index (χ0n) is 14.5. The molecule has 1 aromatic carbocycles. The fraction of sp³-hybridized carbons (Fsp3) is 0.389. The smallest absolute Gasteiger partial charge is 0.325 e. The van der Waals surface area contributed by atoms with Crippen molar-refractivity contribution in [3.63, 3.8) is 0 Å². The highest BCUT2D eigenvalue weighted by Gasteiger charge is 2.28. The Morgan fingerprint density at radius 1 is 1.22 bits per heavy atom. The molecule has 27 heavy (non-hydrogen) atoms. The number of halogens is 3. The number of aliphatic carboxylic acids is 1. The third-order valence-corrected chi connectivity index (χ3v) is 5.37. The van der Waals surface area contributed by atoms with E-state index in [9.17, 15) is 14.4 Å². The maximum absolute atomic E-state index is 12.3. The SMILES string of the molecule is CC(NC(=O)C1CCN(C(=O)/C=C/c2cc(Cl)cc(Cl)c2Cl)CC1)C(=O)O. The zero-order valence-corrected chi connectivity index (χ0v) is 16.8. The summed E-state index contributed by atoms with van der Waals surface area (Å²) in [5, 5.41) is 12.3. The van der Waals surface area contributed by atoms with Gasteiger partial charge in [-0.15, -0.1) is 0 Å². The van der Waals surface area contributed by atoms with E-state index in [1.54, 1.807) is 17.0 Å². The molecule has 2 amide bonds. The number of nitrogens with one attached hydrogen (secondary N) is 1. The molecular weight excluding hydrogens is 415 g/mol. The summed E-state index contributed by atoms with van der Waals surface area (Å²) >= 11 is 18.0. The van der Waals surface area contributed by atoms with Crippen molar-refractivity contribution in [1.82, 2.24) is 10.2 Å². The molecule has 0 saturated carbocycles. The van der Waals surface area contributed by atoms with E-state index in [1.807, 2.05) is 0 Å². The van der Waals surface area contributed by atoms with Crippen LogP contribution in [0.3, 0.4) is 0 Å². The number of hydrogen-bond donors (Lipinski definition) is 2. The van der Waals surface area contributed by atoms with Crippen LogP contribution in [0.25, 0.3) is 6.08 Å². The summed E-state index contributed by atoms with van der Waals surface area (Å²) in [5.41, 5.74) is 0.541. The van der Waals surface area contributed by atoms with Gasteiger partial charge in [0.2, 0.25) is 11.8 Å². The first-order valence-corrected chi connectivity index (χ1v) is 9.47. The lowest BCUT2D eigenvalue weighted by molar-refractivity contribution is -0.142. The average molecular weight is 434 g/mol. The standard InChI is InChI=1S/C18H19Cl3N2O4/c1-10(18(26)27)22-17(25)11-4-6-23(7-5-11)15(24)3-2-12-8-13(19)9-14(20)16(12)21/h2-3,8-11H,4-7H2,1H3,(H,22,25)(H,26,27)/b3-2+. The van der Waals surface area contributed by atoms with Crippen LogP contribution < -0.4 is 5.32 Å². The summed E-state index contributed by atoms with van der Waals surface area (Å²) in [6.07, 6.45) is 3.89. The van der Waals surface area contributed by atoms with E-state index >= 15 is 0 Å². The number of benzene rings is 1.